The molecule has 0 saturated carbocycles. The Kier molecular flexibility index (Phi) is 8.27. The van der Waals surface area contributed by atoms with E-state index in [1.54, 1.807) is 42.7 Å². The van der Waals surface area contributed by atoms with Crippen molar-refractivity contribution in [3.63, 3.8) is 0 Å². The van der Waals surface area contributed by atoms with E-state index in [1.165, 1.54) is 0 Å². The number of hydrogen-bond donors (Lipinski definition) is 2. The van der Waals surface area contributed by atoms with Gasteiger partial charge in [0.1, 0.15) is 17.2 Å². The van der Waals surface area contributed by atoms with E-state index in [2.05, 4.69) is 14.5 Å². The lowest BCUT2D eigenvalue weighted by molar-refractivity contribution is -0.00584. The van der Waals surface area contributed by atoms with E-state index in [9.17, 15) is 14.7 Å². The highest BCUT2D eigenvalue weighted by Gasteiger charge is 2.27. The number of benzene rings is 3. The minimum absolute atomic E-state index is 0.174. The van der Waals surface area contributed by atoms with Crippen molar-refractivity contribution in [3.05, 3.63) is 95.4 Å². The largest absolute Gasteiger partial charge is 0.485 e. The van der Waals surface area contributed by atoms with E-state index >= 15 is 0 Å². The molecule has 0 bridgehead atoms. The standard InChI is InChI=1S/C34H33ClN4O5/c1-34(42)8-11-38(12-9-34)13-14-39-20-29(27-7-6-25(18-30(27)39)44-26-3-2-10-37-19-26)31(40)21-43-32-17-22-4-5-24(35)15-23(22)16-28(32)33(36)41/h2-7,10,15-20,42H,8-9,11-14,21H2,1H3,(H2,36,41). The minimum Gasteiger partial charge on any atom is -0.485 e. The summed E-state index contributed by atoms with van der Waals surface area (Å²) in [6.45, 7) is 4.62. The zero-order valence-electron chi connectivity index (χ0n) is 24.3. The monoisotopic (exact) mass is 612 g/mol. The number of primary amides is 1. The molecule has 3 heterocycles. The molecule has 226 valence electrons. The number of halogens is 1. The van der Waals surface area contributed by atoms with Crippen LogP contribution < -0.4 is 15.2 Å². The topological polar surface area (TPSA) is 120 Å². The van der Waals surface area contributed by atoms with Gasteiger partial charge in [-0.25, -0.2) is 0 Å². The molecule has 1 saturated heterocycles. The molecule has 44 heavy (non-hydrogen) atoms. The highest BCUT2D eigenvalue weighted by Crippen LogP contribution is 2.31. The molecule has 2 aromatic heterocycles. The number of amides is 1. The third kappa shape index (κ3) is 6.55. The zero-order chi connectivity index (χ0) is 30.8. The molecule has 6 rings (SSSR count). The summed E-state index contributed by atoms with van der Waals surface area (Å²) in [4.78, 5) is 32.3. The minimum atomic E-state index is -0.661. The van der Waals surface area contributed by atoms with Crippen LogP contribution in [-0.2, 0) is 6.54 Å². The van der Waals surface area contributed by atoms with Gasteiger partial charge in [-0.05, 0) is 79.1 Å². The summed E-state index contributed by atoms with van der Waals surface area (Å²) in [6.07, 6.45) is 6.61. The molecular weight excluding hydrogens is 580 g/mol. The molecule has 0 spiro atoms. The Morgan fingerprint density at radius 2 is 1.82 bits per heavy atom. The van der Waals surface area contributed by atoms with E-state index < -0.39 is 11.5 Å². The second kappa shape index (κ2) is 12.3. The van der Waals surface area contributed by atoms with Gasteiger partial charge >= 0.3 is 0 Å². The van der Waals surface area contributed by atoms with Gasteiger partial charge in [-0.3, -0.25) is 14.6 Å². The van der Waals surface area contributed by atoms with E-state index in [4.69, 9.17) is 26.8 Å². The lowest BCUT2D eigenvalue weighted by Gasteiger charge is -2.35. The van der Waals surface area contributed by atoms with Crippen molar-refractivity contribution in [2.24, 2.45) is 5.73 Å². The van der Waals surface area contributed by atoms with Gasteiger partial charge in [0.15, 0.2) is 6.61 Å². The first-order valence-electron chi connectivity index (χ1n) is 14.5. The molecule has 9 nitrogen and oxygen atoms in total. The molecule has 1 aliphatic heterocycles. The van der Waals surface area contributed by atoms with Gasteiger partial charge in [0.2, 0.25) is 5.78 Å². The Bertz CT molecular complexity index is 1840. The lowest BCUT2D eigenvalue weighted by Crippen LogP contribution is -2.43. The Labute approximate surface area is 259 Å². The second-order valence-corrected chi connectivity index (χ2v) is 11.9. The number of likely N-dealkylation sites (tertiary alicyclic amines) is 1. The summed E-state index contributed by atoms with van der Waals surface area (Å²) < 4.78 is 14.0. The van der Waals surface area contributed by atoms with Crippen molar-refractivity contribution in [2.75, 3.05) is 26.2 Å². The third-order valence-electron chi connectivity index (χ3n) is 8.14. The number of nitrogens with zero attached hydrogens (tertiary/aromatic N) is 3. The average molecular weight is 613 g/mol. The predicted octanol–water partition coefficient (Wildman–Crippen LogP) is 5.84. The maximum Gasteiger partial charge on any atom is 0.252 e. The molecule has 1 amide bonds. The Hall–Kier alpha value is -4.44. The van der Waals surface area contributed by atoms with Gasteiger partial charge in [-0.15, -0.1) is 0 Å². The number of aromatic nitrogens is 2. The van der Waals surface area contributed by atoms with Crippen LogP contribution in [0, 0.1) is 0 Å². The number of ether oxygens (including phenoxy) is 2. The smallest absolute Gasteiger partial charge is 0.252 e. The number of aliphatic hydroxyl groups is 1. The van der Waals surface area contributed by atoms with Crippen LogP contribution in [0.25, 0.3) is 21.7 Å². The lowest BCUT2D eigenvalue weighted by atomic mass is 9.94. The Morgan fingerprint density at radius 1 is 1.00 bits per heavy atom. The summed E-state index contributed by atoms with van der Waals surface area (Å²) in [5.74, 6) is 0.564. The fourth-order valence-electron chi connectivity index (χ4n) is 5.57. The molecule has 0 aliphatic carbocycles. The average Bonchev–Trinajstić information content (AvgIpc) is 3.37. The molecule has 5 aromatic rings. The van der Waals surface area contributed by atoms with Gasteiger partial charge < -0.3 is 29.8 Å². The van der Waals surface area contributed by atoms with Crippen LogP contribution in [0.15, 0.2) is 79.3 Å². The van der Waals surface area contributed by atoms with Crippen molar-refractivity contribution in [1.82, 2.24) is 14.5 Å². The van der Waals surface area contributed by atoms with Gasteiger partial charge in [0.05, 0.1) is 22.9 Å². The van der Waals surface area contributed by atoms with Crippen LogP contribution >= 0.6 is 11.6 Å². The number of hydrogen-bond acceptors (Lipinski definition) is 7. The third-order valence-corrected chi connectivity index (χ3v) is 8.37. The van der Waals surface area contributed by atoms with Crippen molar-refractivity contribution >= 4 is 45.0 Å². The van der Waals surface area contributed by atoms with E-state index in [-0.39, 0.29) is 23.7 Å². The molecule has 1 fully saturated rings. The fraction of sp³-hybridized carbons (Fsp3) is 0.265. The van der Waals surface area contributed by atoms with Crippen molar-refractivity contribution in [1.29, 1.82) is 0 Å². The number of carbonyl (C=O) groups excluding carboxylic acids is 2. The highest BCUT2D eigenvalue weighted by molar-refractivity contribution is 6.31. The first kappa shape index (κ1) is 29.6. The van der Waals surface area contributed by atoms with Crippen molar-refractivity contribution in [2.45, 2.75) is 31.9 Å². The number of carbonyl (C=O) groups is 2. The molecular formula is C34H33ClN4O5. The SMILES string of the molecule is CC1(O)CCN(CCn2cc(C(=O)COc3cc4ccc(Cl)cc4cc3C(N)=O)c3ccc(Oc4cccnc4)cc32)CC1. The maximum absolute atomic E-state index is 13.6. The van der Waals surface area contributed by atoms with Gasteiger partial charge in [0.25, 0.3) is 5.91 Å². The van der Waals surface area contributed by atoms with Crippen LogP contribution in [0.1, 0.15) is 40.5 Å². The highest BCUT2D eigenvalue weighted by atomic mass is 35.5. The van der Waals surface area contributed by atoms with Crippen molar-refractivity contribution < 1.29 is 24.2 Å². The summed E-state index contributed by atoms with van der Waals surface area (Å²) in [7, 11) is 0. The molecule has 3 N–H and O–H groups in total. The summed E-state index contributed by atoms with van der Waals surface area (Å²) in [5, 5.41) is 13.2. The summed E-state index contributed by atoms with van der Waals surface area (Å²) in [6, 6.07) is 17.9. The van der Waals surface area contributed by atoms with Crippen molar-refractivity contribution in [3.8, 4) is 17.2 Å². The van der Waals surface area contributed by atoms with Crippen LogP contribution in [0.3, 0.4) is 0 Å². The van der Waals surface area contributed by atoms with Crippen LogP contribution in [0.4, 0.5) is 0 Å². The van der Waals surface area contributed by atoms with Gasteiger partial charge in [0, 0.05) is 60.6 Å². The Balaban J connectivity index is 1.27. The molecule has 0 unspecified atom stereocenters. The summed E-state index contributed by atoms with van der Waals surface area (Å²) >= 11 is 6.12. The number of fused-ring (bicyclic) bond motifs is 2. The van der Waals surface area contributed by atoms with Gasteiger partial charge in [-0.2, -0.15) is 0 Å². The van der Waals surface area contributed by atoms with E-state index in [0.717, 1.165) is 54.2 Å². The molecule has 1 aliphatic rings. The molecule has 10 heteroatoms. The van der Waals surface area contributed by atoms with Crippen LogP contribution in [0.5, 0.6) is 17.2 Å². The number of ketones is 1. The normalized spacial score (nSPS) is 15.0. The predicted molar refractivity (Wildman–Crippen MR) is 170 cm³/mol. The number of nitrogens with two attached hydrogens (primary N) is 1. The quantitative estimate of drug-likeness (QED) is 0.190. The second-order valence-electron chi connectivity index (χ2n) is 11.5. The number of pyridine rings is 1. The van der Waals surface area contributed by atoms with E-state index in [1.807, 2.05) is 43.5 Å². The van der Waals surface area contributed by atoms with Gasteiger partial charge in [-0.1, -0.05) is 17.7 Å². The van der Waals surface area contributed by atoms with Crippen LogP contribution in [0.2, 0.25) is 5.02 Å². The maximum atomic E-state index is 13.6. The molecule has 0 radical (unpaired) electrons. The molecule has 0 atom stereocenters. The first-order valence-corrected chi connectivity index (χ1v) is 14.9. The number of Topliss-reactive ketones (excluding diaryl/α,β-unsaturated/α-hetero) is 1. The van der Waals surface area contributed by atoms with Crippen LogP contribution in [-0.4, -0.2) is 63.1 Å². The Morgan fingerprint density at radius 3 is 2.57 bits per heavy atom. The fourth-order valence-corrected chi connectivity index (χ4v) is 5.75. The zero-order valence-corrected chi connectivity index (χ0v) is 25.1. The number of piperidine rings is 1. The van der Waals surface area contributed by atoms with E-state index in [0.29, 0.717) is 28.6 Å². The molecule has 3 aromatic carbocycles. The summed E-state index contributed by atoms with van der Waals surface area (Å²) in [5.41, 5.74) is 6.54. The first-order chi connectivity index (χ1) is 21.1. The number of rotatable bonds is 10.